The van der Waals surface area contributed by atoms with E-state index in [0.29, 0.717) is 0 Å². The van der Waals surface area contributed by atoms with E-state index in [9.17, 15) is 5.11 Å². The van der Waals surface area contributed by atoms with Gasteiger partial charge in [-0.15, -0.1) is 0 Å². The van der Waals surface area contributed by atoms with Crippen molar-refractivity contribution in [3.05, 3.63) is 0 Å². The molecule has 4 unspecified atom stereocenters. The standard InChI is InChI=1S/C14H27NO/c1-4-14(2,16)10-15(3)9-13-8-11-5-6-12(13)7-11/h11-13,16H,4-10H2,1-3H3. The minimum atomic E-state index is -0.508. The molecule has 2 bridgehead atoms. The highest BCUT2D eigenvalue weighted by atomic mass is 16.3. The summed E-state index contributed by atoms with van der Waals surface area (Å²) in [5.41, 5.74) is -0.508. The Kier molecular flexibility index (Phi) is 3.60. The van der Waals surface area contributed by atoms with Crippen LogP contribution in [-0.4, -0.2) is 35.7 Å². The highest BCUT2D eigenvalue weighted by Crippen LogP contribution is 2.48. The van der Waals surface area contributed by atoms with Gasteiger partial charge in [0, 0.05) is 13.1 Å². The maximum Gasteiger partial charge on any atom is 0.0743 e. The molecule has 0 heterocycles. The maximum atomic E-state index is 10.1. The summed E-state index contributed by atoms with van der Waals surface area (Å²) in [7, 11) is 2.16. The van der Waals surface area contributed by atoms with Crippen LogP contribution in [0.4, 0.5) is 0 Å². The first-order valence-corrected chi connectivity index (χ1v) is 6.91. The second-order valence-corrected chi connectivity index (χ2v) is 6.48. The third-order valence-corrected chi connectivity index (χ3v) is 4.80. The first-order valence-electron chi connectivity index (χ1n) is 6.91. The Hall–Kier alpha value is -0.0800. The van der Waals surface area contributed by atoms with Crippen molar-refractivity contribution in [3.63, 3.8) is 0 Å². The summed E-state index contributed by atoms with van der Waals surface area (Å²) < 4.78 is 0. The average molecular weight is 225 g/mol. The van der Waals surface area contributed by atoms with Gasteiger partial charge in [0.25, 0.3) is 0 Å². The Morgan fingerprint density at radius 3 is 2.56 bits per heavy atom. The number of aliphatic hydroxyl groups is 1. The van der Waals surface area contributed by atoms with Gasteiger partial charge in [-0.25, -0.2) is 0 Å². The van der Waals surface area contributed by atoms with E-state index in [0.717, 1.165) is 30.7 Å². The van der Waals surface area contributed by atoms with Gasteiger partial charge in [0.05, 0.1) is 5.60 Å². The molecule has 94 valence electrons. The number of hydrogen-bond acceptors (Lipinski definition) is 2. The van der Waals surface area contributed by atoms with Crippen molar-refractivity contribution in [3.8, 4) is 0 Å². The Labute approximate surface area is 100 Å². The van der Waals surface area contributed by atoms with Crippen LogP contribution in [0.25, 0.3) is 0 Å². The normalized spacial score (nSPS) is 36.9. The molecule has 2 nitrogen and oxygen atoms in total. The highest BCUT2D eigenvalue weighted by molar-refractivity contribution is 4.91. The van der Waals surface area contributed by atoms with E-state index in [1.165, 1.54) is 32.2 Å². The van der Waals surface area contributed by atoms with Gasteiger partial charge in [-0.3, -0.25) is 0 Å². The SMILES string of the molecule is CCC(C)(O)CN(C)CC1CC2CCC1C2. The lowest BCUT2D eigenvalue weighted by atomic mass is 9.88. The number of nitrogens with zero attached hydrogens (tertiary/aromatic N) is 1. The van der Waals surface area contributed by atoms with Crippen LogP contribution in [0.1, 0.15) is 46.0 Å². The molecule has 0 spiro atoms. The molecule has 2 heteroatoms. The van der Waals surface area contributed by atoms with Crippen molar-refractivity contribution in [1.29, 1.82) is 0 Å². The Morgan fingerprint density at radius 1 is 1.31 bits per heavy atom. The Bertz CT molecular complexity index is 239. The van der Waals surface area contributed by atoms with E-state index < -0.39 is 5.60 Å². The predicted octanol–water partition coefficient (Wildman–Crippen LogP) is 2.52. The van der Waals surface area contributed by atoms with Gasteiger partial charge in [0.1, 0.15) is 0 Å². The van der Waals surface area contributed by atoms with E-state index in [-0.39, 0.29) is 0 Å². The Morgan fingerprint density at radius 2 is 2.06 bits per heavy atom. The highest BCUT2D eigenvalue weighted by Gasteiger charge is 2.39. The molecule has 0 saturated heterocycles. The molecule has 2 aliphatic carbocycles. The molecule has 0 aromatic carbocycles. The molecule has 2 fully saturated rings. The molecule has 2 saturated carbocycles. The lowest BCUT2D eigenvalue weighted by molar-refractivity contribution is 0.0177. The molecule has 2 aliphatic rings. The molecule has 4 atom stereocenters. The van der Waals surface area contributed by atoms with Crippen LogP contribution in [0.5, 0.6) is 0 Å². The van der Waals surface area contributed by atoms with Crippen LogP contribution >= 0.6 is 0 Å². The van der Waals surface area contributed by atoms with Crippen molar-refractivity contribution in [1.82, 2.24) is 4.90 Å². The van der Waals surface area contributed by atoms with E-state index in [2.05, 4.69) is 18.9 Å². The lowest BCUT2D eigenvalue weighted by Gasteiger charge is -2.32. The van der Waals surface area contributed by atoms with Crippen LogP contribution in [0, 0.1) is 17.8 Å². The smallest absolute Gasteiger partial charge is 0.0743 e. The number of fused-ring (bicyclic) bond motifs is 2. The van der Waals surface area contributed by atoms with Crippen molar-refractivity contribution >= 4 is 0 Å². The minimum absolute atomic E-state index is 0.508. The number of rotatable bonds is 5. The molecule has 0 amide bonds. The molecular formula is C14H27NO. The van der Waals surface area contributed by atoms with Gasteiger partial charge >= 0.3 is 0 Å². The van der Waals surface area contributed by atoms with Gasteiger partial charge in [-0.05, 0) is 57.4 Å². The Balaban J connectivity index is 1.77. The van der Waals surface area contributed by atoms with Gasteiger partial charge in [0.2, 0.25) is 0 Å². The fourth-order valence-electron chi connectivity index (χ4n) is 3.76. The van der Waals surface area contributed by atoms with Gasteiger partial charge in [0.15, 0.2) is 0 Å². The minimum Gasteiger partial charge on any atom is -0.389 e. The molecule has 0 aromatic heterocycles. The zero-order chi connectivity index (χ0) is 11.8. The van der Waals surface area contributed by atoms with Gasteiger partial charge in [-0.2, -0.15) is 0 Å². The summed E-state index contributed by atoms with van der Waals surface area (Å²) in [4.78, 5) is 2.34. The summed E-state index contributed by atoms with van der Waals surface area (Å²) in [6.07, 6.45) is 6.73. The number of likely N-dealkylation sites (N-methyl/N-ethyl adjacent to an activating group) is 1. The van der Waals surface area contributed by atoms with Crippen LogP contribution < -0.4 is 0 Å². The average Bonchev–Trinajstić information content (AvgIpc) is 2.78. The second-order valence-electron chi connectivity index (χ2n) is 6.48. The summed E-state index contributed by atoms with van der Waals surface area (Å²) in [6.45, 7) is 6.02. The molecule has 16 heavy (non-hydrogen) atoms. The first kappa shape index (κ1) is 12.4. The fourth-order valence-corrected chi connectivity index (χ4v) is 3.76. The van der Waals surface area contributed by atoms with Crippen molar-refractivity contribution in [2.45, 2.75) is 51.6 Å². The monoisotopic (exact) mass is 225 g/mol. The van der Waals surface area contributed by atoms with Crippen LogP contribution in [0.15, 0.2) is 0 Å². The molecule has 0 aromatic rings. The van der Waals surface area contributed by atoms with Crippen molar-refractivity contribution < 1.29 is 5.11 Å². The van der Waals surface area contributed by atoms with Crippen LogP contribution in [0.3, 0.4) is 0 Å². The van der Waals surface area contributed by atoms with Gasteiger partial charge < -0.3 is 10.0 Å². The van der Waals surface area contributed by atoms with Crippen LogP contribution in [0.2, 0.25) is 0 Å². The van der Waals surface area contributed by atoms with Gasteiger partial charge in [-0.1, -0.05) is 13.3 Å². The summed E-state index contributed by atoms with van der Waals surface area (Å²) in [5.74, 6) is 2.95. The van der Waals surface area contributed by atoms with Crippen LogP contribution in [-0.2, 0) is 0 Å². The quantitative estimate of drug-likeness (QED) is 0.777. The zero-order valence-corrected chi connectivity index (χ0v) is 11.1. The zero-order valence-electron chi connectivity index (χ0n) is 11.1. The lowest BCUT2D eigenvalue weighted by Crippen LogP contribution is -2.41. The van der Waals surface area contributed by atoms with E-state index in [1.54, 1.807) is 0 Å². The largest absolute Gasteiger partial charge is 0.389 e. The second kappa shape index (κ2) is 4.66. The van der Waals surface area contributed by atoms with E-state index in [4.69, 9.17) is 0 Å². The summed E-state index contributed by atoms with van der Waals surface area (Å²) in [5, 5.41) is 10.1. The first-order chi connectivity index (χ1) is 7.50. The third-order valence-electron chi connectivity index (χ3n) is 4.80. The predicted molar refractivity (Wildman–Crippen MR) is 67.3 cm³/mol. The van der Waals surface area contributed by atoms with E-state index in [1.807, 2.05) is 6.92 Å². The molecule has 0 aliphatic heterocycles. The van der Waals surface area contributed by atoms with Crippen molar-refractivity contribution in [2.24, 2.45) is 17.8 Å². The maximum absolute atomic E-state index is 10.1. The molecule has 0 radical (unpaired) electrons. The summed E-state index contributed by atoms with van der Waals surface area (Å²) >= 11 is 0. The molecule has 2 rings (SSSR count). The molecular weight excluding hydrogens is 198 g/mol. The topological polar surface area (TPSA) is 23.5 Å². The van der Waals surface area contributed by atoms with Crippen molar-refractivity contribution in [2.75, 3.05) is 20.1 Å². The third kappa shape index (κ3) is 2.78. The fraction of sp³-hybridized carbons (Fsp3) is 1.00. The summed E-state index contributed by atoms with van der Waals surface area (Å²) in [6, 6.07) is 0. The van der Waals surface area contributed by atoms with E-state index >= 15 is 0 Å². The number of hydrogen-bond donors (Lipinski definition) is 1. The molecule has 1 N–H and O–H groups in total.